The van der Waals surface area contributed by atoms with Crippen LogP contribution in [-0.4, -0.2) is 5.97 Å². The van der Waals surface area contributed by atoms with Gasteiger partial charge in [0.1, 0.15) is 0 Å². The summed E-state index contributed by atoms with van der Waals surface area (Å²) in [5.41, 5.74) is 3.84. The van der Waals surface area contributed by atoms with E-state index in [1.807, 2.05) is 30.3 Å². The topological polar surface area (TPSA) is 38.3 Å². The monoisotopic (exact) mass is 277 g/mol. The van der Waals surface area contributed by atoms with Crippen LogP contribution in [0.2, 0.25) is 0 Å². The maximum Gasteiger partial charge on any atom is 0.357 e. The van der Waals surface area contributed by atoms with Gasteiger partial charge in [0.15, 0.2) is 0 Å². The standard InChI is InChI=1S/C18H15NO2/c1-12(2)18(20)21-19-17-9-5-8-15-10-13-6-3-4-7-14(13)11-16(15)17/h3-11,19H,1H2,2H3. The molecule has 0 atom stereocenters. The van der Waals surface area contributed by atoms with E-state index in [9.17, 15) is 4.79 Å². The maximum atomic E-state index is 11.5. The van der Waals surface area contributed by atoms with Crippen molar-refractivity contribution in [2.45, 2.75) is 6.92 Å². The number of carbonyl (C=O) groups is 1. The third-order valence-electron chi connectivity index (χ3n) is 3.35. The second kappa shape index (κ2) is 5.29. The molecule has 3 rings (SSSR count). The van der Waals surface area contributed by atoms with Gasteiger partial charge in [-0.2, -0.15) is 0 Å². The van der Waals surface area contributed by atoms with Crippen LogP contribution in [0, 0.1) is 0 Å². The van der Waals surface area contributed by atoms with Crippen molar-refractivity contribution >= 4 is 33.2 Å². The molecule has 104 valence electrons. The molecule has 0 aliphatic carbocycles. The van der Waals surface area contributed by atoms with Crippen LogP contribution in [0.1, 0.15) is 6.92 Å². The summed E-state index contributed by atoms with van der Waals surface area (Å²) in [7, 11) is 0. The molecule has 0 aromatic heterocycles. The molecule has 1 N–H and O–H groups in total. The Morgan fingerprint density at radius 1 is 1.00 bits per heavy atom. The molecule has 3 aromatic carbocycles. The summed E-state index contributed by atoms with van der Waals surface area (Å²) in [5.74, 6) is -0.465. The van der Waals surface area contributed by atoms with E-state index in [-0.39, 0.29) is 0 Å². The molecule has 3 heteroatoms. The Morgan fingerprint density at radius 3 is 2.38 bits per heavy atom. The van der Waals surface area contributed by atoms with Gasteiger partial charge in [-0.3, -0.25) is 0 Å². The van der Waals surface area contributed by atoms with Crippen LogP contribution < -0.4 is 5.48 Å². The van der Waals surface area contributed by atoms with Gasteiger partial charge in [0.25, 0.3) is 0 Å². The van der Waals surface area contributed by atoms with Gasteiger partial charge in [0.2, 0.25) is 0 Å². The highest BCUT2D eigenvalue weighted by atomic mass is 16.7. The summed E-state index contributed by atoms with van der Waals surface area (Å²) in [6.45, 7) is 5.17. The van der Waals surface area contributed by atoms with Gasteiger partial charge in [-0.25, -0.2) is 10.3 Å². The van der Waals surface area contributed by atoms with E-state index in [1.54, 1.807) is 6.92 Å². The van der Waals surface area contributed by atoms with Crippen molar-refractivity contribution in [1.29, 1.82) is 0 Å². The average Bonchev–Trinajstić information content (AvgIpc) is 2.50. The van der Waals surface area contributed by atoms with Crippen LogP contribution >= 0.6 is 0 Å². The number of hydrogen-bond acceptors (Lipinski definition) is 3. The van der Waals surface area contributed by atoms with Gasteiger partial charge in [-0.05, 0) is 41.3 Å². The molecule has 3 aromatic rings. The van der Waals surface area contributed by atoms with Crippen LogP contribution in [0.15, 0.2) is 66.7 Å². The SMILES string of the molecule is C=C(C)C(=O)ONc1cccc2cc3ccccc3cc12. The predicted molar refractivity (Wildman–Crippen MR) is 86.0 cm³/mol. The molecule has 0 saturated heterocycles. The summed E-state index contributed by atoms with van der Waals surface area (Å²) in [4.78, 5) is 16.5. The minimum atomic E-state index is -0.465. The normalized spacial score (nSPS) is 10.5. The van der Waals surface area contributed by atoms with Crippen molar-refractivity contribution in [3.63, 3.8) is 0 Å². The molecular formula is C18H15NO2. The van der Waals surface area contributed by atoms with Gasteiger partial charge in [-0.15, -0.1) is 0 Å². The Hall–Kier alpha value is -2.81. The molecule has 0 amide bonds. The van der Waals surface area contributed by atoms with Gasteiger partial charge in [0, 0.05) is 11.0 Å². The molecule has 0 heterocycles. The lowest BCUT2D eigenvalue weighted by molar-refractivity contribution is -0.136. The first-order valence-corrected chi connectivity index (χ1v) is 6.69. The van der Waals surface area contributed by atoms with E-state index in [0.717, 1.165) is 21.8 Å². The minimum Gasteiger partial charge on any atom is -0.338 e. The number of fused-ring (bicyclic) bond motifs is 2. The largest absolute Gasteiger partial charge is 0.357 e. The Morgan fingerprint density at radius 2 is 1.67 bits per heavy atom. The van der Waals surface area contributed by atoms with Crippen molar-refractivity contribution in [2.75, 3.05) is 5.48 Å². The maximum absolute atomic E-state index is 11.5. The molecular weight excluding hydrogens is 262 g/mol. The molecule has 0 spiro atoms. The number of anilines is 1. The highest BCUT2D eigenvalue weighted by Crippen LogP contribution is 2.28. The minimum absolute atomic E-state index is 0.355. The third kappa shape index (κ3) is 2.58. The molecule has 0 aliphatic heterocycles. The summed E-state index contributed by atoms with van der Waals surface area (Å²) in [5, 5.41) is 4.42. The highest BCUT2D eigenvalue weighted by molar-refractivity contribution is 6.03. The van der Waals surface area contributed by atoms with E-state index in [4.69, 9.17) is 4.84 Å². The second-order valence-corrected chi connectivity index (χ2v) is 5.00. The van der Waals surface area contributed by atoms with Crippen LogP contribution in [-0.2, 0) is 9.63 Å². The van der Waals surface area contributed by atoms with Crippen molar-refractivity contribution in [2.24, 2.45) is 0 Å². The molecule has 3 nitrogen and oxygen atoms in total. The van der Waals surface area contributed by atoms with E-state index in [1.165, 1.54) is 5.39 Å². The molecule has 0 fully saturated rings. The van der Waals surface area contributed by atoms with E-state index in [2.05, 4.69) is 36.3 Å². The quantitative estimate of drug-likeness (QED) is 0.437. The molecule has 0 radical (unpaired) electrons. The zero-order valence-electron chi connectivity index (χ0n) is 11.7. The summed E-state index contributed by atoms with van der Waals surface area (Å²) >= 11 is 0. The summed E-state index contributed by atoms with van der Waals surface area (Å²) in [6, 6.07) is 18.2. The smallest absolute Gasteiger partial charge is 0.338 e. The number of rotatable bonds is 3. The molecule has 0 saturated carbocycles. The molecule has 21 heavy (non-hydrogen) atoms. The zero-order chi connectivity index (χ0) is 14.8. The molecule has 0 unspecified atom stereocenters. The van der Waals surface area contributed by atoms with Crippen molar-refractivity contribution in [3.8, 4) is 0 Å². The van der Waals surface area contributed by atoms with Crippen LogP contribution in [0.25, 0.3) is 21.5 Å². The van der Waals surface area contributed by atoms with Crippen LogP contribution in [0.5, 0.6) is 0 Å². The van der Waals surface area contributed by atoms with E-state index < -0.39 is 5.97 Å². The fourth-order valence-electron chi connectivity index (χ4n) is 2.24. The van der Waals surface area contributed by atoms with E-state index in [0.29, 0.717) is 5.57 Å². The number of hydrogen-bond donors (Lipinski definition) is 1. The first-order valence-electron chi connectivity index (χ1n) is 6.69. The lowest BCUT2D eigenvalue weighted by Crippen LogP contribution is -2.10. The Kier molecular flexibility index (Phi) is 3.32. The van der Waals surface area contributed by atoms with Crippen molar-refractivity contribution in [1.82, 2.24) is 0 Å². The van der Waals surface area contributed by atoms with E-state index >= 15 is 0 Å². The first-order chi connectivity index (χ1) is 10.1. The summed E-state index contributed by atoms with van der Waals surface area (Å²) in [6.07, 6.45) is 0. The Labute approximate surface area is 122 Å². The third-order valence-corrected chi connectivity index (χ3v) is 3.35. The van der Waals surface area contributed by atoms with Crippen molar-refractivity contribution in [3.05, 3.63) is 66.7 Å². The van der Waals surface area contributed by atoms with Gasteiger partial charge < -0.3 is 4.84 Å². The lowest BCUT2D eigenvalue weighted by Gasteiger charge is -2.10. The predicted octanol–water partition coefficient (Wildman–Crippen LogP) is 4.44. The van der Waals surface area contributed by atoms with Crippen molar-refractivity contribution < 1.29 is 9.63 Å². The Bertz CT molecular complexity index is 852. The van der Waals surface area contributed by atoms with Gasteiger partial charge in [-0.1, -0.05) is 43.0 Å². The average molecular weight is 277 g/mol. The van der Waals surface area contributed by atoms with Gasteiger partial charge in [0.05, 0.1) is 5.69 Å². The van der Waals surface area contributed by atoms with Gasteiger partial charge >= 0.3 is 5.97 Å². The first kappa shape index (κ1) is 13.2. The number of benzene rings is 3. The highest BCUT2D eigenvalue weighted by Gasteiger charge is 2.06. The fourth-order valence-corrected chi connectivity index (χ4v) is 2.24. The lowest BCUT2D eigenvalue weighted by atomic mass is 10.0. The van der Waals surface area contributed by atoms with Crippen LogP contribution in [0.4, 0.5) is 5.69 Å². The zero-order valence-corrected chi connectivity index (χ0v) is 11.7. The number of nitrogens with one attached hydrogen (secondary N) is 1. The summed E-state index contributed by atoms with van der Waals surface area (Å²) < 4.78 is 0. The molecule has 0 aliphatic rings. The Balaban J connectivity index is 2.04. The number of carbonyl (C=O) groups excluding carboxylic acids is 1. The second-order valence-electron chi connectivity index (χ2n) is 5.00. The fraction of sp³-hybridized carbons (Fsp3) is 0.0556. The van der Waals surface area contributed by atoms with Crippen LogP contribution in [0.3, 0.4) is 0 Å². The molecule has 0 bridgehead atoms.